The lowest BCUT2D eigenvalue weighted by atomic mass is 9.98. The summed E-state index contributed by atoms with van der Waals surface area (Å²) >= 11 is 1.14. The molecule has 5 rings (SSSR count). The van der Waals surface area contributed by atoms with E-state index >= 15 is 0 Å². The number of anilines is 1. The Morgan fingerprint density at radius 1 is 0.909 bits per heavy atom. The number of benzene rings is 3. The van der Waals surface area contributed by atoms with Gasteiger partial charge in [0, 0.05) is 17.2 Å². The minimum Gasteiger partial charge on any atom is -0.476 e. The van der Waals surface area contributed by atoms with Gasteiger partial charge in [-0.15, -0.1) is 11.3 Å². The number of fused-ring (bicyclic) bond motifs is 3. The Balaban J connectivity index is 1.29. The fourth-order valence-corrected chi connectivity index (χ4v) is 5.17. The first-order valence-electron chi connectivity index (χ1n) is 10.5. The highest BCUT2D eigenvalue weighted by Gasteiger charge is 2.29. The number of thiazole rings is 1. The molecule has 164 valence electrons. The number of aromatic carboxylic acids is 1. The van der Waals surface area contributed by atoms with E-state index in [-0.39, 0.29) is 23.4 Å². The molecule has 6 nitrogen and oxygen atoms in total. The van der Waals surface area contributed by atoms with Gasteiger partial charge in [0.05, 0.1) is 0 Å². The van der Waals surface area contributed by atoms with Crippen LogP contribution >= 0.6 is 11.3 Å². The van der Waals surface area contributed by atoms with Crippen LogP contribution in [-0.2, 0) is 11.2 Å². The molecule has 1 aromatic heterocycles. The fourth-order valence-electron chi connectivity index (χ4n) is 4.20. The zero-order chi connectivity index (χ0) is 22.8. The SMILES string of the molecule is O=C(Nc1nc(C(=O)O)c(Cc2ccccc2)s1)OCC1c2ccccc2-c2ccccc21. The minimum atomic E-state index is -1.13. The summed E-state index contributed by atoms with van der Waals surface area (Å²) in [5, 5.41) is 12.3. The molecule has 0 aliphatic heterocycles. The minimum absolute atomic E-state index is 0.0531. The second-order valence-electron chi connectivity index (χ2n) is 7.71. The number of nitrogens with zero attached hydrogens (tertiary/aromatic N) is 1. The maximum absolute atomic E-state index is 12.5. The van der Waals surface area contributed by atoms with Gasteiger partial charge in [-0.05, 0) is 27.8 Å². The van der Waals surface area contributed by atoms with Crippen LogP contribution in [-0.4, -0.2) is 28.8 Å². The van der Waals surface area contributed by atoms with Crippen LogP contribution in [0.2, 0.25) is 0 Å². The molecular formula is C26H20N2O4S. The van der Waals surface area contributed by atoms with E-state index in [9.17, 15) is 14.7 Å². The summed E-state index contributed by atoms with van der Waals surface area (Å²) in [6.07, 6.45) is -0.235. The molecule has 0 atom stereocenters. The van der Waals surface area contributed by atoms with Crippen molar-refractivity contribution in [1.29, 1.82) is 0 Å². The summed E-state index contributed by atoms with van der Waals surface area (Å²) in [5.74, 6) is -1.18. The van der Waals surface area contributed by atoms with E-state index in [1.54, 1.807) is 0 Å². The summed E-state index contributed by atoms with van der Waals surface area (Å²) in [5.41, 5.74) is 5.46. The lowest BCUT2D eigenvalue weighted by molar-refractivity contribution is 0.0690. The Morgan fingerprint density at radius 2 is 1.52 bits per heavy atom. The number of nitrogens with one attached hydrogen (secondary N) is 1. The second kappa shape index (κ2) is 8.88. The third kappa shape index (κ3) is 4.23. The summed E-state index contributed by atoms with van der Waals surface area (Å²) in [6.45, 7) is 0.174. The monoisotopic (exact) mass is 456 g/mol. The molecule has 4 aromatic rings. The van der Waals surface area contributed by atoms with Crippen LogP contribution in [0.3, 0.4) is 0 Å². The standard InChI is InChI=1S/C26H20N2O4S/c29-24(30)23-22(14-16-8-2-1-3-9-16)33-25(27-23)28-26(31)32-15-21-19-12-6-4-10-17(19)18-11-5-7-13-20(18)21/h1-13,21H,14-15H2,(H,29,30)(H,27,28,31). The van der Waals surface area contributed by atoms with E-state index < -0.39 is 12.1 Å². The van der Waals surface area contributed by atoms with Gasteiger partial charge >= 0.3 is 12.1 Å². The van der Waals surface area contributed by atoms with Gasteiger partial charge in [-0.2, -0.15) is 0 Å². The van der Waals surface area contributed by atoms with Crippen LogP contribution in [0.5, 0.6) is 0 Å². The molecule has 1 amide bonds. The smallest absolute Gasteiger partial charge is 0.413 e. The molecule has 0 spiro atoms. The number of carbonyl (C=O) groups is 2. The van der Waals surface area contributed by atoms with Crippen molar-refractivity contribution in [2.45, 2.75) is 12.3 Å². The Labute approximate surface area is 194 Å². The molecule has 3 aromatic carbocycles. The van der Waals surface area contributed by atoms with Gasteiger partial charge < -0.3 is 9.84 Å². The number of carboxylic acids is 1. The summed E-state index contributed by atoms with van der Waals surface area (Å²) in [6, 6.07) is 25.8. The lowest BCUT2D eigenvalue weighted by Crippen LogP contribution is -2.18. The van der Waals surface area contributed by atoms with E-state index in [2.05, 4.69) is 34.6 Å². The molecule has 0 unspecified atom stereocenters. The maximum Gasteiger partial charge on any atom is 0.413 e. The average molecular weight is 457 g/mol. The van der Waals surface area contributed by atoms with Crippen LogP contribution in [0.25, 0.3) is 11.1 Å². The van der Waals surface area contributed by atoms with Crippen LogP contribution in [0.1, 0.15) is 38.0 Å². The summed E-state index contributed by atoms with van der Waals surface area (Å²) < 4.78 is 5.54. The van der Waals surface area contributed by atoms with Gasteiger partial charge in [0.25, 0.3) is 0 Å². The van der Waals surface area contributed by atoms with E-state index in [1.807, 2.05) is 54.6 Å². The fraction of sp³-hybridized carbons (Fsp3) is 0.115. The molecule has 0 saturated carbocycles. The van der Waals surface area contributed by atoms with Crippen molar-refractivity contribution in [3.05, 3.63) is 106 Å². The van der Waals surface area contributed by atoms with E-state index in [4.69, 9.17) is 4.74 Å². The Bertz CT molecular complexity index is 1290. The number of carbonyl (C=O) groups excluding carboxylic acids is 1. The van der Waals surface area contributed by atoms with Crippen molar-refractivity contribution < 1.29 is 19.4 Å². The molecule has 1 heterocycles. The molecule has 0 bridgehead atoms. The Hall–Kier alpha value is -3.97. The van der Waals surface area contributed by atoms with Gasteiger partial charge in [0.15, 0.2) is 10.8 Å². The zero-order valence-corrected chi connectivity index (χ0v) is 18.3. The van der Waals surface area contributed by atoms with Crippen molar-refractivity contribution >= 4 is 28.5 Å². The Kier molecular flexibility index (Phi) is 5.62. The molecule has 0 radical (unpaired) electrons. The number of hydrogen-bond donors (Lipinski definition) is 2. The maximum atomic E-state index is 12.5. The normalized spacial score (nSPS) is 12.1. The van der Waals surface area contributed by atoms with E-state index in [0.29, 0.717) is 11.3 Å². The summed E-state index contributed by atoms with van der Waals surface area (Å²) in [4.78, 5) is 28.8. The first-order chi connectivity index (χ1) is 16.1. The lowest BCUT2D eigenvalue weighted by Gasteiger charge is -2.14. The van der Waals surface area contributed by atoms with Crippen LogP contribution in [0, 0.1) is 0 Å². The first-order valence-corrected chi connectivity index (χ1v) is 11.3. The van der Waals surface area contributed by atoms with Crippen molar-refractivity contribution in [1.82, 2.24) is 4.98 Å². The zero-order valence-electron chi connectivity index (χ0n) is 17.5. The predicted octanol–water partition coefficient (Wildman–Crippen LogP) is 5.79. The molecule has 0 saturated heterocycles. The van der Waals surface area contributed by atoms with Crippen molar-refractivity contribution in [2.24, 2.45) is 0 Å². The molecule has 1 aliphatic carbocycles. The van der Waals surface area contributed by atoms with Crippen molar-refractivity contribution in [3.63, 3.8) is 0 Å². The molecule has 33 heavy (non-hydrogen) atoms. The van der Waals surface area contributed by atoms with Gasteiger partial charge in [0.1, 0.15) is 6.61 Å². The van der Waals surface area contributed by atoms with Gasteiger partial charge in [-0.1, -0.05) is 78.9 Å². The third-order valence-corrected chi connectivity index (χ3v) is 6.63. The summed E-state index contributed by atoms with van der Waals surface area (Å²) in [7, 11) is 0. The topological polar surface area (TPSA) is 88.5 Å². The van der Waals surface area contributed by atoms with Crippen LogP contribution in [0.15, 0.2) is 78.9 Å². The highest BCUT2D eigenvalue weighted by Crippen LogP contribution is 2.44. The quantitative estimate of drug-likeness (QED) is 0.383. The largest absolute Gasteiger partial charge is 0.476 e. The van der Waals surface area contributed by atoms with Gasteiger partial charge in [0.2, 0.25) is 0 Å². The number of hydrogen-bond acceptors (Lipinski definition) is 5. The highest BCUT2D eigenvalue weighted by atomic mass is 32.1. The first kappa shape index (κ1) is 20.9. The van der Waals surface area contributed by atoms with Crippen LogP contribution in [0.4, 0.5) is 9.93 Å². The molecule has 1 aliphatic rings. The van der Waals surface area contributed by atoms with Crippen LogP contribution < -0.4 is 5.32 Å². The number of amides is 1. The predicted molar refractivity (Wildman–Crippen MR) is 127 cm³/mol. The molecule has 2 N–H and O–H groups in total. The van der Waals surface area contributed by atoms with E-state index in [1.165, 1.54) is 0 Å². The van der Waals surface area contributed by atoms with Crippen molar-refractivity contribution in [3.8, 4) is 11.1 Å². The molecular weight excluding hydrogens is 436 g/mol. The average Bonchev–Trinajstić information content (AvgIpc) is 3.37. The third-order valence-electron chi connectivity index (χ3n) is 5.66. The number of rotatable bonds is 6. The van der Waals surface area contributed by atoms with Crippen molar-refractivity contribution in [2.75, 3.05) is 11.9 Å². The molecule has 0 fully saturated rings. The van der Waals surface area contributed by atoms with Gasteiger partial charge in [-0.3, -0.25) is 5.32 Å². The van der Waals surface area contributed by atoms with E-state index in [0.717, 1.165) is 39.2 Å². The number of carboxylic acid groups (broad SMARTS) is 1. The number of aromatic nitrogens is 1. The Morgan fingerprint density at radius 3 is 2.15 bits per heavy atom. The molecule has 7 heteroatoms. The number of ether oxygens (including phenoxy) is 1. The second-order valence-corrected chi connectivity index (χ2v) is 8.79. The highest BCUT2D eigenvalue weighted by molar-refractivity contribution is 7.16. The van der Waals surface area contributed by atoms with Gasteiger partial charge in [-0.25, -0.2) is 14.6 Å².